The Morgan fingerprint density at radius 3 is 2.95 bits per heavy atom. The monoisotopic (exact) mass is 322 g/mol. The number of nitrogens with two attached hydrogens (primary N) is 1. The fourth-order valence-corrected chi connectivity index (χ4v) is 1.59. The quantitative estimate of drug-likeness (QED) is 0.293. The molecule has 0 aliphatic carbocycles. The van der Waals surface area contributed by atoms with Gasteiger partial charge in [0.15, 0.2) is 5.03 Å². The number of hydrazone groups is 2. The molecule has 0 spiro atoms. The van der Waals surface area contributed by atoms with Gasteiger partial charge < -0.3 is 10.2 Å². The van der Waals surface area contributed by atoms with Crippen LogP contribution in [0.2, 0.25) is 5.15 Å². The number of nitro groups is 1. The Balaban J connectivity index is 2.20. The van der Waals surface area contributed by atoms with Crippen LogP contribution in [0, 0.1) is 10.1 Å². The van der Waals surface area contributed by atoms with Gasteiger partial charge in [0.1, 0.15) is 16.0 Å². The van der Waals surface area contributed by atoms with E-state index in [1.165, 1.54) is 18.7 Å². The molecule has 0 aromatic carbocycles. The van der Waals surface area contributed by atoms with Gasteiger partial charge in [0.05, 0.1) is 19.0 Å². The number of aromatic nitrogens is 1. The number of rotatable bonds is 5. The number of halogens is 1. The highest BCUT2D eigenvalue weighted by Crippen LogP contribution is 2.09. The fraction of sp³-hybridized carbons (Fsp3) is 0.0833. The van der Waals surface area contributed by atoms with Crippen LogP contribution in [-0.4, -0.2) is 27.2 Å². The molecule has 0 aliphatic rings. The van der Waals surface area contributed by atoms with E-state index in [1.807, 2.05) is 0 Å². The molecule has 9 nitrogen and oxygen atoms in total. The lowest BCUT2D eigenvalue weighted by Gasteiger charge is -2.15. The van der Waals surface area contributed by atoms with Crippen LogP contribution in [0.1, 0.15) is 11.3 Å². The number of hydrogen-bond acceptors (Lipinski definition) is 5. The van der Waals surface area contributed by atoms with Crippen molar-refractivity contribution in [3.63, 3.8) is 0 Å². The van der Waals surface area contributed by atoms with Gasteiger partial charge in [-0.2, -0.15) is 5.10 Å². The van der Waals surface area contributed by atoms with Gasteiger partial charge >= 0.3 is 0 Å². The normalized spacial score (nSPS) is 11.8. The van der Waals surface area contributed by atoms with Crippen LogP contribution in [-0.2, 0) is 6.54 Å². The summed E-state index contributed by atoms with van der Waals surface area (Å²) in [6, 6.07) is 6.64. The third-order valence-corrected chi connectivity index (χ3v) is 2.66. The molecule has 0 fully saturated rings. The molecule has 2 heterocycles. The highest BCUT2D eigenvalue weighted by Gasteiger charge is 2.12. The largest absolute Gasteiger partial charge is 0.463 e. The maximum absolute atomic E-state index is 10.5. The zero-order valence-electron chi connectivity index (χ0n) is 11.2. The average Bonchev–Trinajstić information content (AvgIpc) is 2.98. The van der Waals surface area contributed by atoms with Gasteiger partial charge in [-0.15, -0.1) is 0 Å². The highest BCUT2D eigenvalue weighted by atomic mass is 35.5. The number of hydrogen-bond donors (Lipinski definition) is 1. The molecule has 2 rings (SSSR count). The molecular formula is C12H11ClN6O3. The summed E-state index contributed by atoms with van der Waals surface area (Å²) in [7, 11) is 0. The molecule has 0 atom stereocenters. The van der Waals surface area contributed by atoms with Crippen molar-refractivity contribution in [3.05, 3.63) is 63.3 Å². The molecule has 10 heteroatoms. The van der Waals surface area contributed by atoms with E-state index in [0.29, 0.717) is 16.5 Å². The van der Waals surface area contributed by atoms with E-state index >= 15 is 0 Å². The van der Waals surface area contributed by atoms with Gasteiger partial charge in [-0.25, -0.2) is 20.1 Å². The van der Waals surface area contributed by atoms with E-state index in [-0.39, 0.29) is 12.5 Å². The first-order valence-corrected chi connectivity index (χ1v) is 6.36. The minimum absolute atomic E-state index is 0.130. The van der Waals surface area contributed by atoms with Gasteiger partial charge in [-0.3, -0.25) is 0 Å². The lowest BCUT2D eigenvalue weighted by Crippen LogP contribution is -2.33. The molecule has 0 radical (unpaired) electrons. The van der Waals surface area contributed by atoms with Gasteiger partial charge in [-0.1, -0.05) is 17.7 Å². The summed E-state index contributed by atoms with van der Waals surface area (Å²) >= 11 is 5.70. The van der Waals surface area contributed by atoms with Crippen molar-refractivity contribution < 1.29 is 9.45 Å². The second-order valence-corrected chi connectivity index (χ2v) is 4.39. The van der Waals surface area contributed by atoms with Gasteiger partial charge in [0.25, 0.3) is 5.96 Å². The van der Waals surface area contributed by atoms with E-state index in [4.69, 9.17) is 21.8 Å². The molecule has 2 aromatic heterocycles. The molecular weight excluding hydrogens is 312 g/mol. The van der Waals surface area contributed by atoms with Crippen LogP contribution in [0.4, 0.5) is 0 Å². The van der Waals surface area contributed by atoms with Gasteiger partial charge in [0, 0.05) is 6.20 Å². The number of guanidine groups is 1. The summed E-state index contributed by atoms with van der Waals surface area (Å²) in [6.07, 6.45) is 4.35. The van der Waals surface area contributed by atoms with Crippen molar-refractivity contribution in [2.24, 2.45) is 15.9 Å². The first kappa shape index (κ1) is 15.4. The van der Waals surface area contributed by atoms with E-state index in [0.717, 1.165) is 5.01 Å². The van der Waals surface area contributed by atoms with Gasteiger partial charge in [0.2, 0.25) is 0 Å². The van der Waals surface area contributed by atoms with E-state index < -0.39 is 5.03 Å². The van der Waals surface area contributed by atoms with Crippen LogP contribution in [0.25, 0.3) is 0 Å². The maximum atomic E-state index is 10.5. The second kappa shape index (κ2) is 7.18. The Hall–Kier alpha value is -2.94. The van der Waals surface area contributed by atoms with E-state index in [2.05, 4.69) is 15.2 Å². The summed E-state index contributed by atoms with van der Waals surface area (Å²) in [5, 5.41) is 18.1. The number of pyridine rings is 1. The standard InChI is InChI=1S/C12H11ClN6O3/c13-11-4-3-9(6-15-11)8-18(12(14)17-19(20)21)16-7-10-2-1-5-22-10/h1-7H,8H2,(H2,14,17)/b16-7+. The summed E-state index contributed by atoms with van der Waals surface area (Å²) in [6.45, 7) is 0.130. The Morgan fingerprint density at radius 2 is 2.36 bits per heavy atom. The summed E-state index contributed by atoms with van der Waals surface area (Å²) < 4.78 is 5.09. The molecule has 0 bridgehead atoms. The molecule has 114 valence electrons. The third-order valence-electron chi connectivity index (χ3n) is 2.44. The van der Waals surface area contributed by atoms with E-state index in [1.54, 1.807) is 24.3 Å². The topological polar surface area (TPSA) is 123 Å². The Morgan fingerprint density at radius 1 is 1.55 bits per heavy atom. The first-order valence-electron chi connectivity index (χ1n) is 5.98. The Labute approximate surface area is 129 Å². The third kappa shape index (κ3) is 4.56. The Bertz CT molecular complexity index is 683. The smallest absolute Gasteiger partial charge is 0.289 e. The fourth-order valence-electron chi connectivity index (χ4n) is 1.48. The zero-order chi connectivity index (χ0) is 15.9. The molecule has 0 saturated heterocycles. The molecule has 22 heavy (non-hydrogen) atoms. The molecule has 0 saturated carbocycles. The van der Waals surface area contributed by atoms with Crippen molar-refractivity contribution in [1.82, 2.24) is 9.99 Å². The zero-order valence-corrected chi connectivity index (χ0v) is 11.9. The SMILES string of the molecule is N/C(=N\[N+](=O)[O-])N(Cc1ccc(Cl)nc1)/N=C/c1ccco1. The van der Waals surface area contributed by atoms with Crippen molar-refractivity contribution in [2.45, 2.75) is 6.54 Å². The maximum Gasteiger partial charge on any atom is 0.289 e. The lowest BCUT2D eigenvalue weighted by atomic mass is 10.3. The molecule has 0 amide bonds. The number of furan rings is 1. The van der Waals surface area contributed by atoms with Crippen LogP contribution >= 0.6 is 11.6 Å². The van der Waals surface area contributed by atoms with Crippen LogP contribution in [0.5, 0.6) is 0 Å². The minimum atomic E-state index is -0.898. The van der Waals surface area contributed by atoms with Crippen molar-refractivity contribution in [2.75, 3.05) is 0 Å². The molecule has 2 aromatic rings. The molecule has 2 N–H and O–H groups in total. The minimum Gasteiger partial charge on any atom is -0.463 e. The van der Waals surface area contributed by atoms with E-state index in [9.17, 15) is 10.1 Å². The average molecular weight is 323 g/mol. The van der Waals surface area contributed by atoms with Gasteiger partial charge in [-0.05, 0) is 23.8 Å². The van der Waals surface area contributed by atoms with Crippen LogP contribution in [0.3, 0.4) is 0 Å². The second-order valence-electron chi connectivity index (χ2n) is 4.00. The van der Waals surface area contributed by atoms with Crippen molar-refractivity contribution in [1.29, 1.82) is 0 Å². The highest BCUT2D eigenvalue weighted by molar-refractivity contribution is 6.29. The molecule has 0 unspecified atom stereocenters. The first-order chi connectivity index (χ1) is 10.5. The summed E-state index contributed by atoms with van der Waals surface area (Å²) in [5.41, 5.74) is 6.28. The summed E-state index contributed by atoms with van der Waals surface area (Å²) in [4.78, 5) is 14.4. The number of nitrogens with zero attached hydrogens (tertiary/aromatic N) is 5. The van der Waals surface area contributed by atoms with Crippen molar-refractivity contribution in [3.8, 4) is 0 Å². The Kier molecular flexibility index (Phi) is 5.04. The molecule has 0 aliphatic heterocycles. The van der Waals surface area contributed by atoms with Crippen molar-refractivity contribution >= 4 is 23.8 Å². The lowest BCUT2D eigenvalue weighted by molar-refractivity contribution is -0.485. The summed E-state index contributed by atoms with van der Waals surface area (Å²) in [5.74, 6) is 0.0934. The predicted molar refractivity (Wildman–Crippen MR) is 79.7 cm³/mol. The van der Waals surface area contributed by atoms with Crippen LogP contribution < -0.4 is 5.73 Å². The van der Waals surface area contributed by atoms with Crippen LogP contribution in [0.15, 0.2) is 51.3 Å². The predicted octanol–water partition coefficient (Wildman–Crippen LogP) is 1.67.